The maximum atomic E-state index is 12.8. The zero-order chi connectivity index (χ0) is 20.5. The van der Waals surface area contributed by atoms with Crippen LogP contribution in [0.5, 0.6) is 0 Å². The quantitative estimate of drug-likeness (QED) is 0.838. The maximum Gasteiger partial charge on any atom is 0.416 e. The molecule has 1 fully saturated rings. The average molecular weight is 407 g/mol. The molecule has 1 atom stereocenters. The van der Waals surface area contributed by atoms with E-state index < -0.39 is 24.2 Å². The molecule has 154 valence electrons. The highest BCUT2D eigenvalue weighted by atomic mass is 19.3. The van der Waals surface area contributed by atoms with Crippen molar-refractivity contribution in [3.8, 4) is 0 Å². The van der Waals surface area contributed by atoms with E-state index in [2.05, 4.69) is 15.5 Å². The van der Waals surface area contributed by atoms with Crippen molar-refractivity contribution in [2.75, 3.05) is 23.4 Å². The summed E-state index contributed by atoms with van der Waals surface area (Å²) in [6, 6.07) is 1.92. The Morgan fingerprint density at radius 2 is 2.24 bits per heavy atom. The Bertz CT molecular complexity index is 935. The first-order valence-electron chi connectivity index (χ1n) is 9.17. The number of hydrogen-bond donors (Lipinski definition) is 1. The number of carbonyl (C=O) groups excluding carboxylic acids is 2. The first-order chi connectivity index (χ1) is 13.9. The average Bonchev–Trinajstić information content (AvgIpc) is 3.10. The number of nitrogens with zero attached hydrogens (tertiary/aromatic N) is 4. The van der Waals surface area contributed by atoms with Crippen molar-refractivity contribution in [3.05, 3.63) is 35.3 Å². The van der Waals surface area contributed by atoms with Crippen molar-refractivity contribution in [3.63, 3.8) is 0 Å². The van der Waals surface area contributed by atoms with Gasteiger partial charge >= 0.3 is 12.1 Å². The number of amides is 3. The number of rotatable bonds is 3. The Hall–Kier alpha value is -3.24. The minimum absolute atomic E-state index is 0.164. The Kier molecular flexibility index (Phi) is 5.03. The van der Waals surface area contributed by atoms with Gasteiger partial charge in [0.2, 0.25) is 5.88 Å². The lowest BCUT2D eigenvalue weighted by Crippen LogP contribution is -2.45. The van der Waals surface area contributed by atoms with Crippen molar-refractivity contribution < 1.29 is 27.6 Å². The van der Waals surface area contributed by atoms with Crippen LogP contribution in [0, 0.1) is 0 Å². The molecule has 3 amide bonds. The lowest BCUT2D eigenvalue weighted by molar-refractivity contribution is 0.137. The highest BCUT2D eigenvalue weighted by molar-refractivity contribution is 5.90. The smallest absolute Gasteiger partial charge is 0.416 e. The third-order valence-electron chi connectivity index (χ3n) is 4.93. The highest BCUT2D eigenvalue weighted by Gasteiger charge is 2.36. The van der Waals surface area contributed by atoms with Gasteiger partial charge < -0.3 is 19.5 Å². The fraction of sp³-hybridized carbons (Fsp3) is 0.444. The standard InChI is InChI=1S/C18H19F2N5O4/c1-10-7-13-12(16(29-23-13)24-5-2-6-28-18(24)27)9-25(10)17(26)22-11-3-4-21-14(8-11)15(19)20/h3-4,8,10,15H,2,5-7,9H2,1H3,(H,21,22,26). The van der Waals surface area contributed by atoms with Crippen LogP contribution in [0.4, 0.5) is 29.9 Å². The summed E-state index contributed by atoms with van der Waals surface area (Å²) in [4.78, 5) is 31.3. The minimum atomic E-state index is -2.73. The monoisotopic (exact) mass is 407 g/mol. The topological polar surface area (TPSA) is 101 Å². The Balaban J connectivity index is 1.53. The first kappa shape index (κ1) is 19.1. The minimum Gasteiger partial charge on any atom is -0.449 e. The number of halogens is 2. The van der Waals surface area contributed by atoms with Crippen LogP contribution in [0.3, 0.4) is 0 Å². The number of ether oxygens (including phenoxy) is 1. The summed E-state index contributed by atoms with van der Waals surface area (Å²) in [5, 5.41) is 6.68. The molecule has 0 saturated carbocycles. The Morgan fingerprint density at radius 3 is 3.00 bits per heavy atom. The molecular weight excluding hydrogens is 388 g/mol. The zero-order valence-electron chi connectivity index (χ0n) is 15.6. The number of aromatic nitrogens is 2. The predicted molar refractivity (Wildman–Crippen MR) is 96.7 cm³/mol. The molecular formula is C18H19F2N5O4. The maximum absolute atomic E-state index is 12.8. The van der Waals surface area contributed by atoms with E-state index in [1.165, 1.54) is 17.2 Å². The van der Waals surface area contributed by atoms with Gasteiger partial charge in [-0.15, -0.1) is 0 Å². The molecule has 11 heteroatoms. The van der Waals surface area contributed by atoms with Gasteiger partial charge in [-0.2, -0.15) is 0 Å². The number of pyridine rings is 1. The normalized spacial score (nSPS) is 19.2. The SMILES string of the molecule is CC1Cc2noc(N3CCCOC3=O)c2CN1C(=O)Nc1ccnc(C(F)F)c1. The fourth-order valence-corrected chi connectivity index (χ4v) is 3.43. The van der Waals surface area contributed by atoms with Gasteiger partial charge in [-0.25, -0.2) is 23.3 Å². The number of cyclic esters (lactones) is 1. The molecule has 1 unspecified atom stereocenters. The molecule has 2 aliphatic heterocycles. The summed E-state index contributed by atoms with van der Waals surface area (Å²) in [5.74, 6) is 0.276. The summed E-state index contributed by atoms with van der Waals surface area (Å²) >= 11 is 0. The summed E-state index contributed by atoms with van der Waals surface area (Å²) < 4.78 is 36.1. The van der Waals surface area contributed by atoms with E-state index in [0.717, 1.165) is 6.07 Å². The van der Waals surface area contributed by atoms with E-state index in [4.69, 9.17) is 9.26 Å². The van der Waals surface area contributed by atoms with Crippen molar-refractivity contribution >= 4 is 23.7 Å². The number of hydrogen-bond acceptors (Lipinski definition) is 6. The van der Waals surface area contributed by atoms with Crippen LogP contribution in [-0.4, -0.2) is 46.4 Å². The number of nitrogens with one attached hydrogen (secondary N) is 1. The van der Waals surface area contributed by atoms with E-state index in [1.807, 2.05) is 6.92 Å². The second-order valence-electron chi connectivity index (χ2n) is 6.91. The van der Waals surface area contributed by atoms with E-state index in [-0.39, 0.29) is 24.2 Å². The van der Waals surface area contributed by atoms with E-state index in [0.29, 0.717) is 37.3 Å². The third kappa shape index (κ3) is 3.71. The van der Waals surface area contributed by atoms with E-state index >= 15 is 0 Å². The van der Waals surface area contributed by atoms with Crippen LogP contribution in [0.2, 0.25) is 0 Å². The van der Waals surface area contributed by atoms with Gasteiger partial charge in [-0.3, -0.25) is 4.98 Å². The highest BCUT2D eigenvalue weighted by Crippen LogP contribution is 2.33. The van der Waals surface area contributed by atoms with Crippen molar-refractivity contribution in [2.24, 2.45) is 0 Å². The molecule has 0 radical (unpaired) electrons. The lowest BCUT2D eigenvalue weighted by atomic mass is 10.0. The molecule has 2 aliphatic rings. The molecule has 1 saturated heterocycles. The van der Waals surface area contributed by atoms with Gasteiger partial charge in [0.05, 0.1) is 24.4 Å². The van der Waals surface area contributed by atoms with Gasteiger partial charge in [0.15, 0.2) is 0 Å². The first-order valence-corrected chi connectivity index (χ1v) is 9.17. The van der Waals surface area contributed by atoms with Crippen LogP contribution in [-0.2, 0) is 17.7 Å². The Morgan fingerprint density at radius 1 is 1.41 bits per heavy atom. The molecule has 2 aromatic rings. The second kappa shape index (κ2) is 7.64. The molecule has 4 rings (SSSR count). The molecule has 0 spiro atoms. The largest absolute Gasteiger partial charge is 0.449 e. The fourth-order valence-electron chi connectivity index (χ4n) is 3.43. The Labute approximate surface area is 164 Å². The second-order valence-corrected chi connectivity index (χ2v) is 6.91. The molecule has 0 aromatic carbocycles. The summed E-state index contributed by atoms with van der Waals surface area (Å²) in [5.41, 5.74) is 1.13. The number of anilines is 2. The molecule has 4 heterocycles. The van der Waals surface area contributed by atoms with E-state index in [9.17, 15) is 18.4 Å². The van der Waals surface area contributed by atoms with Crippen LogP contribution in [0.25, 0.3) is 0 Å². The van der Waals surface area contributed by atoms with Gasteiger partial charge in [-0.1, -0.05) is 5.16 Å². The number of carbonyl (C=O) groups is 2. The summed E-state index contributed by atoms with van der Waals surface area (Å²) in [6.07, 6.45) is -0.924. The molecule has 0 bridgehead atoms. The van der Waals surface area contributed by atoms with Crippen LogP contribution < -0.4 is 10.2 Å². The summed E-state index contributed by atoms with van der Waals surface area (Å²) in [6.45, 7) is 2.81. The lowest BCUT2D eigenvalue weighted by Gasteiger charge is -2.33. The number of alkyl halides is 2. The predicted octanol–water partition coefficient (Wildman–Crippen LogP) is 3.33. The van der Waals surface area contributed by atoms with Crippen LogP contribution >= 0.6 is 0 Å². The molecule has 1 N–H and O–H groups in total. The molecule has 2 aromatic heterocycles. The van der Waals surface area contributed by atoms with Crippen LogP contribution in [0.15, 0.2) is 22.9 Å². The number of fused-ring (bicyclic) bond motifs is 1. The third-order valence-corrected chi connectivity index (χ3v) is 4.93. The van der Waals surface area contributed by atoms with Gasteiger partial charge in [0, 0.05) is 30.9 Å². The van der Waals surface area contributed by atoms with Crippen molar-refractivity contribution in [1.82, 2.24) is 15.0 Å². The van der Waals surface area contributed by atoms with Gasteiger partial charge in [-0.05, 0) is 25.5 Å². The summed E-state index contributed by atoms with van der Waals surface area (Å²) in [7, 11) is 0. The van der Waals surface area contributed by atoms with Crippen LogP contribution in [0.1, 0.15) is 36.7 Å². The van der Waals surface area contributed by atoms with Crippen molar-refractivity contribution in [2.45, 2.75) is 38.8 Å². The molecule has 29 heavy (non-hydrogen) atoms. The molecule has 0 aliphatic carbocycles. The van der Waals surface area contributed by atoms with Gasteiger partial charge in [0.25, 0.3) is 6.43 Å². The molecule has 9 nitrogen and oxygen atoms in total. The zero-order valence-corrected chi connectivity index (χ0v) is 15.6. The van der Waals surface area contributed by atoms with Gasteiger partial charge in [0.1, 0.15) is 5.69 Å². The van der Waals surface area contributed by atoms with E-state index in [1.54, 1.807) is 4.90 Å². The number of urea groups is 1. The van der Waals surface area contributed by atoms with Crippen molar-refractivity contribution in [1.29, 1.82) is 0 Å².